The second kappa shape index (κ2) is 2.46. The third-order valence-electron chi connectivity index (χ3n) is 2.42. The highest BCUT2D eigenvalue weighted by atomic mass is 16.4. The smallest absolute Gasteiger partial charge is 0.323 e. The van der Waals surface area contributed by atoms with Crippen LogP contribution in [0, 0.1) is 0 Å². The highest BCUT2D eigenvalue weighted by Gasteiger charge is 2.45. The van der Waals surface area contributed by atoms with Crippen LogP contribution < -0.4 is 0 Å². The van der Waals surface area contributed by atoms with Gasteiger partial charge in [-0.1, -0.05) is 0 Å². The van der Waals surface area contributed by atoms with Gasteiger partial charge in [-0.3, -0.25) is 9.69 Å². The maximum Gasteiger partial charge on any atom is 0.323 e. The van der Waals surface area contributed by atoms with E-state index in [1.807, 2.05) is 0 Å². The molecule has 0 aromatic rings. The molecule has 64 valence electrons. The first-order valence-electron chi connectivity index (χ1n) is 3.59. The van der Waals surface area contributed by atoms with E-state index in [4.69, 9.17) is 5.11 Å². The summed E-state index contributed by atoms with van der Waals surface area (Å²) in [5.41, 5.74) is -0.876. The van der Waals surface area contributed by atoms with E-state index in [2.05, 4.69) is 0 Å². The summed E-state index contributed by atoms with van der Waals surface area (Å²) in [5, 5.41) is 18.0. The number of aliphatic hydroxyl groups is 1. The number of carbonyl (C=O) groups is 1. The van der Waals surface area contributed by atoms with Gasteiger partial charge >= 0.3 is 5.97 Å². The number of carboxylic acids is 1. The van der Waals surface area contributed by atoms with E-state index in [0.717, 1.165) is 0 Å². The van der Waals surface area contributed by atoms with Crippen molar-refractivity contribution in [3.05, 3.63) is 0 Å². The van der Waals surface area contributed by atoms with Crippen molar-refractivity contribution in [2.24, 2.45) is 0 Å². The second-order valence-corrected chi connectivity index (χ2v) is 3.32. The molecule has 1 aliphatic heterocycles. The lowest BCUT2D eigenvalue weighted by Crippen LogP contribution is -2.45. The highest BCUT2D eigenvalue weighted by Crippen LogP contribution is 2.27. The first-order valence-corrected chi connectivity index (χ1v) is 3.59. The van der Waals surface area contributed by atoms with E-state index in [1.54, 1.807) is 18.9 Å². The Morgan fingerprint density at radius 3 is 2.45 bits per heavy atom. The molecule has 2 N–H and O–H groups in total. The summed E-state index contributed by atoms with van der Waals surface area (Å²) in [6, 6.07) is 0. The fraction of sp³-hybridized carbons (Fsp3) is 0.857. The molecule has 0 spiro atoms. The standard InChI is InChI=1S/C7H13NO3/c1-7(6(10)11)3-5(9)4-8(7)2/h5,9H,3-4H2,1-2H3,(H,10,11)/t5-,7+/m0/s1. The summed E-state index contributed by atoms with van der Waals surface area (Å²) in [7, 11) is 1.71. The van der Waals surface area contributed by atoms with Crippen molar-refractivity contribution in [1.29, 1.82) is 0 Å². The molecule has 1 aliphatic rings. The molecule has 0 bridgehead atoms. The Kier molecular flexibility index (Phi) is 1.90. The second-order valence-electron chi connectivity index (χ2n) is 3.32. The average Bonchev–Trinajstić information content (AvgIpc) is 2.08. The molecule has 0 radical (unpaired) electrons. The van der Waals surface area contributed by atoms with Crippen molar-refractivity contribution in [3.8, 4) is 0 Å². The van der Waals surface area contributed by atoms with Crippen LogP contribution in [0.4, 0.5) is 0 Å². The number of hydrogen-bond donors (Lipinski definition) is 2. The summed E-state index contributed by atoms with van der Waals surface area (Å²) in [6.45, 7) is 2.08. The Morgan fingerprint density at radius 2 is 2.27 bits per heavy atom. The molecular formula is C7H13NO3. The first-order chi connectivity index (χ1) is 4.97. The molecule has 0 aromatic carbocycles. The van der Waals surface area contributed by atoms with Crippen molar-refractivity contribution in [3.63, 3.8) is 0 Å². The van der Waals surface area contributed by atoms with Gasteiger partial charge in [0.1, 0.15) is 5.54 Å². The van der Waals surface area contributed by atoms with Crippen LogP contribution in [0.5, 0.6) is 0 Å². The molecule has 1 heterocycles. The molecule has 11 heavy (non-hydrogen) atoms. The van der Waals surface area contributed by atoms with E-state index in [9.17, 15) is 9.90 Å². The van der Waals surface area contributed by atoms with Crippen LogP contribution in [0.25, 0.3) is 0 Å². The van der Waals surface area contributed by atoms with Crippen LogP contribution in [0.2, 0.25) is 0 Å². The lowest BCUT2D eigenvalue weighted by Gasteiger charge is -2.26. The fourth-order valence-electron chi connectivity index (χ4n) is 1.45. The number of rotatable bonds is 1. The zero-order chi connectivity index (χ0) is 8.65. The van der Waals surface area contributed by atoms with Crippen molar-refractivity contribution in [2.75, 3.05) is 13.6 Å². The van der Waals surface area contributed by atoms with E-state index in [0.29, 0.717) is 13.0 Å². The minimum Gasteiger partial charge on any atom is -0.480 e. The van der Waals surface area contributed by atoms with Gasteiger partial charge in [-0.2, -0.15) is 0 Å². The molecule has 1 rings (SSSR count). The molecule has 0 unspecified atom stereocenters. The minimum absolute atomic E-state index is 0.318. The van der Waals surface area contributed by atoms with E-state index >= 15 is 0 Å². The van der Waals surface area contributed by atoms with Crippen LogP contribution in [-0.4, -0.2) is 46.3 Å². The third kappa shape index (κ3) is 1.23. The lowest BCUT2D eigenvalue weighted by molar-refractivity contribution is -0.147. The Balaban J connectivity index is 2.79. The maximum absolute atomic E-state index is 10.7. The number of likely N-dealkylation sites (tertiary alicyclic amines) is 1. The summed E-state index contributed by atoms with van der Waals surface area (Å²) < 4.78 is 0. The topological polar surface area (TPSA) is 60.8 Å². The van der Waals surface area contributed by atoms with Crippen LogP contribution in [0.3, 0.4) is 0 Å². The van der Waals surface area contributed by atoms with Crippen molar-refractivity contribution >= 4 is 5.97 Å². The number of carboxylic acid groups (broad SMARTS) is 1. The van der Waals surface area contributed by atoms with Gasteiger partial charge in [0.2, 0.25) is 0 Å². The monoisotopic (exact) mass is 159 g/mol. The summed E-state index contributed by atoms with van der Waals surface area (Å²) in [4.78, 5) is 12.4. The molecule has 0 amide bonds. The van der Waals surface area contributed by atoms with Crippen LogP contribution in [0.15, 0.2) is 0 Å². The van der Waals surface area contributed by atoms with Gasteiger partial charge in [-0.05, 0) is 14.0 Å². The average molecular weight is 159 g/mol. The fourth-order valence-corrected chi connectivity index (χ4v) is 1.45. The lowest BCUT2D eigenvalue weighted by atomic mass is 9.99. The van der Waals surface area contributed by atoms with Crippen LogP contribution in [-0.2, 0) is 4.79 Å². The number of likely N-dealkylation sites (N-methyl/N-ethyl adjacent to an activating group) is 1. The zero-order valence-corrected chi connectivity index (χ0v) is 6.74. The number of aliphatic carboxylic acids is 1. The highest BCUT2D eigenvalue weighted by molar-refractivity contribution is 5.78. The van der Waals surface area contributed by atoms with E-state index < -0.39 is 17.6 Å². The molecule has 0 aromatic heterocycles. The third-order valence-corrected chi connectivity index (χ3v) is 2.42. The summed E-state index contributed by atoms with van der Waals surface area (Å²) in [5.74, 6) is -0.864. The first kappa shape index (κ1) is 8.49. The predicted molar refractivity (Wildman–Crippen MR) is 39.3 cm³/mol. The zero-order valence-electron chi connectivity index (χ0n) is 6.74. The summed E-state index contributed by atoms with van der Waals surface area (Å²) >= 11 is 0. The van der Waals surface area contributed by atoms with Crippen molar-refractivity contribution < 1.29 is 15.0 Å². The Morgan fingerprint density at radius 1 is 1.73 bits per heavy atom. The molecule has 0 aliphatic carbocycles. The Labute approximate surface area is 65.4 Å². The van der Waals surface area contributed by atoms with Gasteiger partial charge in [0.05, 0.1) is 6.10 Å². The molecule has 0 saturated carbocycles. The minimum atomic E-state index is -0.876. The summed E-state index contributed by atoms with van der Waals surface area (Å²) in [6.07, 6.45) is -0.181. The molecular weight excluding hydrogens is 146 g/mol. The van der Waals surface area contributed by atoms with Crippen LogP contribution in [0.1, 0.15) is 13.3 Å². The van der Waals surface area contributed by atoms with E-state index in [1.165, 1.54) is 0 Å². The number of hydrogen-bond acceptors (Lipinski definition) is 3. The molecule has 4 heteroatoms. The predicted octanol–water partition coefficient (Wildman–Crippen LogP) is -0.474. The van der Waals surface area contributed by atoms with Gasteiger partial charge in [0, 0.05) is 13.0 Å². The van der Waals surface area contributed by atoms with Crippen molar-refractivity contribution in [1.82, 2.24) is 4.90 Å². The number of nitrogens with zero attached hydrogens (tertiary/aromatic N) is 1. The van der Waals surface area contributed by atoms with Gasteiger partial charge in [0.15, 0.2) is 0 Å². The largest absolute Gasteiger partial charge is 0.480 e. The van der Waals surface area contributed by atoms with E-state index in [-0.39, 0.29) is 0 Å². The number of aliphatic hydroxyl groups excluding tert-OH is 1. The molecule has 4 nitrogen and oxygen atoms in total. The van der Waals surface area contributed by atoms with Gasteiger partial charge < -0.3 is 10.2 Å². The SMILES string of the molecule is CN1C[C@@H](O)C[C@]1(C)C(=O)O. The Bertz CT molecular complexity index is 183. The van der Waals surface area contributed by atoms with Crippen molar-refractivity contribution in [2.45, 2.75) is 25.0 Å². The Hall–Kier alpha value is -0.610. The molecule has 1 fully saturated rings. The normalized spacial score (nSPS) is 39.4. The molecule has 1 saturated heterocycles. The number of β-amino-alcohol motifs (C(OH)–C–C–N with tert-alkyl or cyclic N) is 1. The van der Waals surface area contributed by atoms with Crippen LogP contribution >= 0.6 is 0 Å². The van der Waals surface area contributed by atoms with Gasteiger partial charge in [-0.15, -0.1) is 0 Å². The molecule has 2 atom stereocenters. The quantitative estimate of drug-likeness (QED) is 0.543. The van der Waals surface area contributed by atoms with Gasteiger partial charge in [0.25, 0.3) is 0 Å². The van der Waals surface area contributed by atoms with Gasteiger partial charge in [-0.25, -0.2) is 0 Å². The maximum atomic E-state index is 10.7.